The van der Waals surface area contributed by atoms with Crippen LogP contribution >= 0.6 is 11.6 Å². The van der Waals surface area contributed by atoms with E-state index in [0.29, 0.717) is 23.9 Å². The molecule has 0 aliphatic rings. The Morgan fingerprint density at radius 2 is 2.32 bits per heavy atom. The molecule has 0 aliphatic carbocycles. The van der Waals surface area contributed by atoms with Crippen molar-refractivity contribution in [2.24, 2.45) is 0 Å². The molecule has 0 aliphatic heterocycles. The number of rotatable bonds is 7. The van der Waals surface area contributed by atoms with Crippen molar-refractivity contribution < 1.29 is 9.53 Å². The number of hydrogen-bond donors (Lipinski definition) is 1. The molecule has 22 heavy (non-hydrogen) atoms. The number of amides is 1. The molecule has 1 N–H and O–H groups in total. The van der Waals surface area contributed by atoms with Gasteiger partial charge < -0.3 is 10.1 Å². The van der Waals surface area contributed by atoms with E-state index in [1.54, 1.807) is 36.1 Å². The fourth-order valence-electron chi connectivity index (χ4n) is 1.93. The monoisotopic (exact) mass is 322 g/mol. The number of nitrogens with zero attached hydrogens (tertiary/aromatic N) is 3. The average molecular weight is 323 g/mol. The van der Waals surface area contributed by atoms with Gasteiger partial charge in [-0.25, -0.2) is 4.98 Å². The van der Waals surface area contributed by atoms with Crippen LogP contribution in [0, 0.1) is 6.92 Å². The largest absolute Gasteiger partial charge is 0.481 e. The summed E-state index contributed by atoms with van der Waals surface area (Å²) in [5.41, 5.74) is 0.901. The van der Waals surface area contributed by atoms with E-state index in [9.17, 15) is 4.79 Å². The quantitative estimate of drug-likeness (QED) is 0.794. The van der Waals surface area contributed by atoms with Crippen LogP contribution in [-0.4, -0.2) is 33.3 Å². The fraction of sp³-hybridized carbons (Fsp3) is 0.400. The smallest absolute Gasteiger partial charge is 0.260 e. The van der Waals surface area contributed by atoms with Crippen molar-refractivity contribution in [3.05, 3.63) is 41.4 Å². The fourth-order valence-corrected chi connectivity index (χ4v) is 2.16. The van der Waals surface area contributed by atoms with Crippen LogP contribution in [0.1, 0.15) is 18.9 Å². The minimum Gasteiger partial charge on any atom is -0.481 e. The van der Waals surface area contributed by atoms with E-state index in [-0.39, 0.29) is 5.91 Å². The molecule has 0 saturated heterocycles. The van der Waals surface area contributed by atoms with E-state index in [2.05, 4.69) is 15.4 Å². The second-order valence-corrected chi connectivity index (χ2v) is 5.41. The first-order chi connectivity index (χ1) is 10.6. The van der Waals surface area contributed by atoms with Crippen LogP contribution < -0.4 is 10.1 Å². The second-order valence-electron chi connectivity index (χ2n) is 4.97. The number of benzene rings is 1. The van der Waals surface area contributed by atoms with Crippen molar-refractivity contribution in [2.45, 2.75) is 32.9 Å². The van der Waals surface area contributed by atoms with Gasteiger partial charge in [0.25, 0.3) is 5.91 Å². The minimum absolute atomic E-state index is 0.145. The Kier molecular flexibility index (Phi) is 5.77. The maximum atomic E-state index is 12.0. The van der Waals surface area contributed by atoms with Crippen LogP contribution in [0.5, 0.6) is 5.75 Å². The molecule has 1 heterocycles. The number of halogens is 1. The zero-order valence-electron chi connectivity index (χ0n) is 12.6. The summed E-state index contributed by atoms with van der Waals surface area (Å²) in [4.78, 5) is 15.9. The molecule has 0 unspecified atom stereocenters. The topological polar surface area (TPSA) is 69.0 Å². The lowest BCUT2D eigenvalue weighted by Gasteiger charge is -2.16. The summed E-state index contributed by atoms with van der Waals surface area (Å²) < 4.78 is 7.39. The number of carbonyl (C=O) groups is 1. The van der Waals surface area contributed by atoms with Crippen molar-refractivity contribution >= 4 is 17.5 Å². The number of nitrogens with one attached hydrogen (secondary N) is 1. The summed E-state index contributed by atoms with van der Waals surface area (Å²) in [6, 6.07) is 5.32. The van der Waals surface area contributed by atoms with Crippen LogP contribution in [0.25, 0.3) is 0 Å². The molecular weight excluding hydrogens is 304 g/mol. The van der Waals surface area contributed by atoms with Gasteiger partial charge in [0.15, 0.2) is 6.10 Å². The summed E-state index contributed by atoms with van der Waals surface area (Å²) >= 11 is 5.90. The number of hydrogen-bond acceptors (Lipinski definition) is 4. The van der Waals surface area contributed by atoms with Gasteiger partial charge in [-0.3, -0.25) is 9.48 Å². The van der Waals surface area contributed by atoms with E-state index in [0.717, 1.165) is 12.0 Å². The third-order valence-electron chi connectivity index (χ3n) is 3.14. The lowest BCUT2D eigenvalue weighted by atomic mass is 10.2. The van der Waals surface area contributed by atoms with Gasteiger partial charge in [0.1, 0.15) is 18.4 Å². The molecule has 118 valence electrons. The van der Waals surface area contributed by atoms with E-state index >= 15 is 0 Å². The molecule has 0 saturated carbocycles. The number of ether oxygens (including phenoxy) is 1. The molecular formula is C15H19ClN4O2. The first-order valence-electron chi connectivity index (χ1n) is 7.09. The molecule has 6 nitrogen and oxygen atoms in total. The summed E-state index contributed by atoms with van der Waals surface area (Å²) in [7, 11) is 0. The molecule has 0 radical (unpaired) electrons. The zero-order chi connectivity index (χ0) is 15.9. The van der Waals surface area contributed by atoms with Gasteiger partial charge in [0, 0.05) is 18.1 Å². The van der Waals surface area contributed by atoms with Crippen molar-refractivity contribution in [3.8, 4) is 5.75 Å². The number of carbonyl (C=O) groups excluding carboxylic acids is 1. The first kappa shape index (κ1) is 16.3. The Morgan fingerprint density at radius 1 is 1.50 bits per heavy atom. The number of aryl methyl sites for hydroxylation is 2. The highest BCUT2D eigenvalue weighted by Crippen LogP contribution is 2.22. The van der Waals surface area contributed by atoms with E-state index in [1.165, 1.54) is 6.33 Å². The molecule has 2 aromatic rings. The Balaban J connectivity index is 1.74. The zero-order valence-corrected chi connectivity index (χ0v) is 13.4. The van der Waals surface area contributed by atoms with Crippen molar-refractivity contribution in [1.29, 1.82) is 0 Å². The maximum absolute atomic E-state index is 12.0. The van der Waals surface area contributed by atoms with Crippen LogP contribution in [0.2, 0.25) is 5.02 Å². The highest BCUT2D eigenvalue weighted by molar-refractivity contribution is 6.30. The standard InChI is InChI=1S/C15H19ClN4O2/c1-11-8-13(16)4-5-14(11)22-12(2)15(21)18-6-3-7-20-10-17-9-19-20/h4-5,8-10,12H,3,6-7H2,1-2H3,(H,18,21)/t12-/m0/s1. The van der Waals surface area contributed by atoms with Crippen LogP contribution in [-0.2, 0) is 11.3 Å². The molecule has 0 fully saturated rings. The maximum Gasteiger partial charge on any atom is 0.260 e. The van der Waals surface area contributed by atoms with Crippen LogP contribution in [0.4, 0.5) is 0 Å². The predicted molar refractivity (Wildman–Crippen MR) is 83.9 cm³/mol. The van der Waals surface area contributed by atoms with E-state index in [1.807, 2.05) is 6.92 Å². The molecule has 1 aromatic heterocycles. The van der Waals surface area contributed by atoms with Gasteiger partial charge in [-0.2, -0.15) is 5.10 Å². The van der Waals surface area contributed by atoms with Gasteiger partial charge in [-0.05, 0) is 44.0 Å². The molecule has 1 amide bonds. The van der Waals surface area contributed by atoms with Gasteiger partial charge in [0.2, 0.25) is 0 Å². The van der Waals surface area contributed by atoms with E-state index in [4.69, 9.17) is 16.3 Å². The molecule has 1 atom stereocenters. The highest BCUT2D eigenvalue weighted by atomic mass is 35.5. The molecule has 2 rings (SSSR count). The van der Waals surface area contributed by atoms with Crippen molar-refractivity contribution in [3.63, 3.8) is 0 Å². The SMILES string of the molecule is Cc1cc(Cl)ccc1O[C@@H](C)C(=O)NCCCn1cncn1. The first-order valence-corrected chi connectivity index (χ1v) is 7.47. The molecule has 0 bridgehead atoms. The lowest BCUT2D eigenvalue weighted by molar-refractivity contribution is -0.127. The summed E-state index contributed by atoms with van der Waals surface area (Å²) in [6.45, 7) is 4.89. The van der Waals surface area contributed by atoms with Crippen LogP contribution in [0.3, 0.4) is 0 Å². The van der Waals surface area contributed by atoms with Gasteiger partial charge >= 0.3 is 0 Å². The second kappa shape index (κ2) is 7.79. The average Bonchev–Trinajstić information content (AvgIpc) is 2.99. The molecule has 1 aromatic carbocycles. The third-order valence-corrected chi connectivity index (χ3v) is 3.37. The Morgan fingerprint density at radius 3 is 3.00 bits per heavy atom. The highest BCUT2D eigenvalue weighted by Gasteiger charge is 2.15. The Bertz CT molecular complexity index is 616. The van der Waals surface area contributed by atoms with Crippen molar-refractivity contribution in [2.75, 3.05) is 6.54 Å². The summed E-state index contributed by atoms with van der Waals surface area (Å²) in [5, 5.41) is 7.49. The van der Waals surface area contributed by atoms with Crippen molar-refractivity contribution in [1.82, 2.24) is 20.1 Å². The van der Waals surface area contributed by atoms with Gasteiger partial charge in [-0.15, -0.1) is 0 Å². The van der Waals surface area contributed by atoms with Crippen LogP contribution in [0.15, 0.2) is 30.9 Å². The lowest BCUT2D eigenvalue weighted by Crippen LogP contribution is -2.37. The number of aromatic nitrogens is 3. The normalized spacial score (nSPS) is 12.0. The Hall–Kier alpha value is -2.08. The summed E-state index contributed by atoms with van der Waals surface area (Å²) in [5.74, 6) is 0.516. The molecule has 0 spiro atoms. The predicted octanol–water partition coefficient (Wildman–Crippen LogP) is 2.21. The Labute approximate surface area is 134 Å². The minimum atomic E-state index is -0.564. The van der Waals surface area contributed by atoms with Gasteiger partial charge in [-0.1, -0.05) is 11.6 Å². The van der Waals surface area contributed by atoms with Gasteiger partial charge in [0.05, 0.1) is 0 Å². The summed E-state index contributed by atoms with van der Waals surface area (Å²) in [6.07, 6.45) is 3.35. The molecule has 7 heteroatoms. The van der Waals surface area contributed by atoms with E-state index < -0.39 is 6.10 Å². The third kappa shape index (κ3) is 4.73.